The first kappa shape index (κ1) is 26.5. The van der Waals surface area contributed by atoms with Gasteiger partial charge in [0, 0.05) is 51.4 Å². The third-order valence-electron chi connectivity index (χ3n) is 5.79. The number of piperazine rings is 1. The van der Waals surface area contributed by atoms with Gasteiger partial charge in [-0.25, -0.2) is 0 Å². The molecule has 2 rings (SSSR count). The van der Waals surface area contributed by atoms with Crippen molar-refractivity contribution >= 4 is 35.0 Å². The van der Waals surface area contributed by atoms with E-state index in [4.69, 9.17) is 11.6 Å². The molecule has 1 aliphatic rings. The van der Waals surface area contributed by atoms with Crippen molar-refractivity contribution < 1.29 is 19.3 Å². The van der Waals surface area contributed by atoms with Gasteiger partial charge in [0.1, 0.15) is 6.04 Å². The number of nitro benzene ring substituents is 1. The molecule has 1 saturated heterocycles. The minimum Gasteiger partial charge on any atom is -0.342 e. The zero-order chi connectivity index (χ0) is 24.7. The molecular formula is C22H32ClN5O5. The lowest BCUT2D eigenvalue weighted by Gasteiger charge is -2.37. The number of benzene rings is 1. The summed E-state index contributed by atoms with van der Waals surface area (Å²) in [5, 5.41) is 13.6. The maximum absolute atomic E-state index is 13.2. The van der Waals surface area contributed by atoms with Crippen LogP contribution in [-0.4, -0.2) is 89.2 Å². The number of hydrogen-bond donors (Lipinski definition) is 1. The molecule has 1 unspecified atom stereocenters. The summed E-state index contributed by atoms with van der Waals surface area (Å²) in [5.41, 5.74) is -0.147. The Bertz CT molecular complexity index is 882. The second-order valence-corrected chi connectivity index (χ2v) is 8.69. The molecule has 0 radical (unpaired) electrons. The number of nitro groups is 1. The van der Waals surface area contributed by atoms with Crippen LogP contribution in [0.25, 0.3) is 0 Å². The maximum atomic E-state index is 13.2. The first-order chi connectivity index (χ1) is 15.6. The highest BCUT2D eigenvalue weighted by Crippen LogP contribution is 2.23. The van der Waals surface area contributed by atoms with E-state index in [1.54, 1.807) is 9.80 Å². The number of amides is 3. The second kappa shape index (κ2) is 11.9. The van der Waals surface area contributed by atoms with Gasteiger partial charge in [0.2, 0.25) is 11.8 Å². The van der Waals surface area contributed by atoms with E-state index in [2.05, 4.69) is 5.32 Å². The third kappa shape index (κ3) is 6.88. The van der Waals surface area contributed by atoms with Crippen molar-refractivity contribution in [2.24, 2.45) is 5.92 Å². The van der Waals surface area contributed by atoms with Crippen molar-refractivity contribution in [1.29, 1.82) is 0 Å². The van der Waals surface area contributed by atoms with Crippen LogP contribution < -0.4 is 5.32 Å². The minimum absolute atomic E-state index is 0.0526. The van der Waals surface area contributed by atoms with E-state index in [9.17, 15) is 24.5 Å². The Hall–Kier alpha value is -2.72. The Kier molecular flexibility index (Phi) is 9.60. The zero-order valence-corrected chi connectivity index (χ0v) is 20.3. The van der Waals surface area contributed by atoms with Crippen molar-refractivity contribution in [2.75, 3.05) is 45.8 Å². The number of likely N-dealkylation sites (N-methyl/N-ethyl adjacent to an activating group) is 1. The third-order valence-corrected chi connectivity index (χ3v) is 6.10. The molecule has 1 aromatic rings. The topological polar surface area (TPSA) is 116 Å². The summed E-state index contributed by atoms with van der Waals surface area (Å²) in [5.74, 6) is -0.871. The highest BCUT2D eigenvalue weighted by atomic mass is 35.5. The van der Waals surface area contributed by atoms with Crippen LogP contribution in [0, 0.1) is 16.0 Å². The molecule has 0 saturated carbocycles. The lowest BCUT2D eigenvalue weighted by molar-refractivity contribution is -0.384. The van der Waals surface area contributed by atoms with E-state index < -0.39 is 16.9 Å². The van der Waals surface area contributed by atoms with E-state index in [1.807, 2.05) is 32.6 Å². The molecule has 3 amide bonds. The molecule has 1 heterocycles. The van der Waals surface area contributed by atoms with Crippen LogP contribution in [0.5, 0.6) is 0 Å². The van der Waals surface area contributed by atoms with Gasteiger partial charge in [0.05, 0.1) is 22.1 Å². The highest BCUT2D eigenvalue weighted by Gasteiger charge is 2.32. The Morgan fingerprint density at radius 2 is 1.76 bits per heavy atom. The van der Waals surface area contributed by atoms with Gasteiger partial charge in [-0.1, -0.05) is 25.4 Å². The van der Waals surface area contributed by atoms with E-state index >= 15 is 0 Å². The minimum atomic E-state index is -0.771. The van der Waals surface area contributed by atoms with Gasteiger partial charge in [-0.2, -0.15) is 0 Å². The van der Waals surface area contributed by atoms with Crippen LogP contribution in [0.4, 0.5) is 5.69 Å². The molecule has 33 heavy (non-hydrogen) atoms. The molecule has 11 heteroatoms. The smallest absolute Gasteiger partial charge is 0.270 e. The Balaban J connectivity index is 2.00. The molecule has 0 aromatic heterocycles. The predicted molar refractivity (Wildman–Crippen MR) is 125 cm³/mol. The first-order valence-electron chi connectivity index (χ1n) is 11.1. The van der Waals surface area contributed by atoms with Crippen molar-refractivity contribution in [3.05, 3.63) is 38.9 Å². The lowest BCUT2D eigenvalue weighted by atomic mass is 10.0. The normalized spacial score (nSPS) is 15.3. The summed E-state index contributed by atoms with van der Waals surface area (Å²) in [6.45, 7) is 11.3. The summed E-state index contributed by atoms with van der Waals surface area (Å²) in [6, 6.07) is 2.82. The molecule has 182 valence electrons. The average molecular weight is 482 g/mol. The number of nitrogens with zero attached hydrogens (tertiary/aromatic N) is 4. The van der Waals surface area contributed by atoms with Crippen molar-refractivity contribution in [1.82, 2.24) is 20.0 Å². The average Bonchev–Trinajstić information content (AvgIpc) is 2.77. The zero-order valence-electron chi connectivity index (χ0n) is 19.5. The number of hydrogen-bond acceptors (Lipinski definition) is 6. The van der Waals surface area contributed by atoms with Crippen molar-refractivity contribution in [3.63, 3.8) is 0 Å². The van der Waals surface area contributed by atoms with Crippen molar-refractivity contribution in [2.45, 2.75) is 33.7 Å². The van der Waals surface area contributed by atoms with Gasteiger partial charge in [0.25, 0.3) is 11.6 Å². The molecule has 1 atom stereocenters. The van der Waals surface area contributed by atoms with Crippen LogP contribution in [0.2, 0.25) is 5.02 Å². The molecule has 0 bridgehead atoms. The number of carbonyl (C=O) groups excluding carboxylic acids is 3. The van der Waals surface area contributed by atoms with Crippen LogP contribution >= 0.6 is 11.6 Å². The molecule has 1 N–H and O–H groups in total. The summed E-state index contributed by atoms with van der Waals surface area (Å²) in [4.78, 5) is 54.1. The van der Waals surface area contributed by atoms with Gasteiger partial charge >= 0.3 is 0 Å². The molecule has 1 aliphatic heterocycles. The van der Waals surface area contributed by atoms with E-state index in [0.717, 1.165) is 6.07 Å². The Morgan fingerprint density at radius 3 is 2.24 bits per heavy atom. The van der Waals surface area contributed by atoms with Crippen LogP contribution in [-0.2, 0) is 9.59 Å². The summed E-state index contributed by atoms with van der Waals surface area (Å²) < 4.78 is 0. The molecule has 0 aliphatic carbocycles. The monoisotopic (exact) mass is 481 g/mol. The molecule has 1 fully saturated rings. The van der Waals surface area contributed by atoms with Crippen LogP contribution in [0.3, 0.4) is 0 Å². The highest BCUT2D eigenvalue weighted by molar-refractivity contribution is 6.34. The summed E-state index contributed by atoms with van der Waals surface area (Å²) in [7, 11) is 0. The van der Waals surface area contributed by atoms with Gasteiger partial charge < -0.3 is 15.1 Å². The number of nitrogens with one attached hydrogen (secondary N) is 1. The number of carbonyl (C=O) groups is 3. The quantitative estimate of drug-likeness (QED) is 0.426. The fourth-order valence-corrected chi connectivity index (χ4v) is 3.99. The number of halogens is 1. The summed E-state index contributed by atoms with van der Waals surface area (Å²) in [6.07, 6.45) is 0. The fourth-order valence-electron chi connectivity index (χ4n) is 3.72. The van der Waals surface area contributed by atoms with Gasteiger partial charge in [-0.05, 0) is 25.8 Å². The summed E-state index contributed by atoms with van der Waals surface area (Å²) >= 11 is 6.06. The van der Waals surface area contributed by atoms with E-state index in [1.165, 1.54) is 12.1 Å². The molecule has 1 aromatic carbocycles. The number of non-ortho nitro benzene ring substituents is 1. The second-order valence-electron chi connectivity index (χ2n) is 8.28. The SMILES string of the molecule is CCN(CC)C(=O)CN1CCN(C(=O)C(NC(=O)c2ccc([N+](=O)[O-])cc2Cl)C(C)C)CC1. The van der Waals surface area contributed by atoms with Crippen LogP contribution in [0.15, 0.2) is 18.2 Å². The van der Waals surface area contributed by atoms with Crippen LogP contribution in [0.1, 0.15) is 38.1 Å². The standard InChI is InChI=1S/C22H32ClN5O5/c1-5-26(6-2)19(29)14-25-9-11-27(12-10-25)22(31)20(15(3)4)24-21(30)17-8-7-16(28(32)33)13-18(17)23/h7-8,13,15,20H,5-6,9-12,14H2,1-4H3,(H,24,30). The largest absolute Gasteiger partial charge is 0.342 e. The lowest BCUT2D eigenvalue weighted by Crippen LogP contribution is -2.57. The Morgan fingerprint density at radius 1 is 1.15 bits per heavy atom. The first-order valence-corrected chi connectivity index (χ1v) is 11.5. The molecular weight excluding hydrogens is 450 g/mol. The van der Waals surface area contributed by atoms with Gasteiger partial charge in [0.15, 0.2) is 0 Å². The molecule has 0 spiro atoms. The Labute approximate surface area is 199 Å². The van der Waals surface area contributed by atoms with Crippen molar-refractivity contribution in [3.8, 4) is 0 Å². The fraction of sp³-hybridized carbons (Fsp3) is 0.591. The maximum Gasteiger partial charge on any atom is 0.270 e. The van der Waals surface area contributed by atoms with E-state index in [-0.39, 0.29) is 34.0 Å². The van der Waals surface area contributed by atoms with Gasteiger partial charge in [-0.15, -0.1) is 0 Å². The predicted octanol–water partition coefficient (Wildman–Crippen LogP) is 2.02. The van der Waals surface area contributed by atoms with E-state index in [0.29, 0.717) is 45.8 Å². The number of rotatable bonds is 9. The molecule has 10 nitrogen and oxygen atoms in total. The van der Waals surface area contributed by atoms with Gasteiger partial charge in [-0.3, -0.25) is 29.4 Å².